The number of halogens is 1. The van der Waals surface area contributed by atoms with Crippen molar-refractivity contribution in [3.8, 4) is 0 Å². The van der Waals surface area contributed by atoms with Crippen LogP contribution in [0.2, 0.25) is 5.02 Å². The van der Waals surface area contributed by atoms with E-state index in [0.717, 1.165) is 41.6 Å². The van der Waals surface area contributed by atoms with Gasteiger partial charge in [-0.05, 0) is 20.4 Å². The standard InChI is InChI=1S/C13H20ClN5/c1-4-11-13(14)12(19(5-2)17-11)8-18-7-10(6-15-3)16-9-18/h7,9,15H,4-6,8H2,1-3H3. The Hall–Kier alpha value is -1.33. The summed E-state index contributed by atoms with van der Waals surface area (Å²) in [6.45, 7) is 6.45. The van der Waals surface area contributed by atoms with Gasteiger partial charge in [-0.25, -0.2) is 4.98 Å². The normalized spacial score (nSPS) is 11.2. The minimum atomic E-state index is 0.705. The fraction of sp³-hybridized carbons (Fsp3) is 0.538. The highest BCUT2D eigenvalue weighted by Crippen LogP contribution is 2.22. The SMILES string of the molecule is CCc1nn(CC)c(Cn2cnc(CNC)c2)c1Cl. The predicted octanol–water partition coefficient (Wildman–Crippen LogP) is 2.08. The Balaban J connectivity index is 2.23. The summed E-state index contributed by atoms with van der Waals surface area (Å²) in [5.41, 5.74) is 3.04. The van der Waals surface area contributed by atoms with Crippen LogP contribution in [0.5, 0.6) is 0 Å². The molecule has 0 atom stereocenters. The lowest BCUT2D eigenvalue weighted by atomic mass is 10.3. The van der Waals surface area contributed by atoms with Gasteiger partial charge >= 0.3 is 0 Å². The second-order valence-electron chi connectivity index (χ2n) is 4.44. The highest BCUT2D eigenvalue weighted by Gasteiger charge is 2.14. The molecule has 2 rings (SSSR count). The molecule has 0 bridgehead atoms. The van der Waals surface area contributed by atoms with Crippen LogP contribution >= 0.6 is 11.6 Å². The molecule has 0 aliphatic carbocycles. The summed E-state index contributed by atoms with van der Waals surface area (Å²) in [4.78, 5) is 4.34. The molecule has 19 heavy (non-hydrogen) atoms. The van der Waals surface area contributed by atoms with Crippen molar-refractivity contribution >= 4 is 11.6 Å². The molecule has 0 aliphatic heterocycles. The van der Waals surface area contributed by atoms with Crippen LogP contribution in [0.1, 0.15) is 30.9 Å². The quantitative estimate of drug-likeness (QED) is 0.882. The van der Waals surface area contributed by atoms with Crippen molar-refractivity contribution in [2.24, 2.45) is 0 Å². The van der Waals surface area contributed by atoms with E-state index in [2.05, 4.69) is 29.2 Å². The molecule has 2 heterocycles. The second kappa shape index (κ2) is 6.21. The first-order valence-electron chi connectivity index (χ1n) is 6.58. The maximum Gasteiger partial charge on any atom is 0.0953 e. The van der Waals surface area contributed by atoms with Gasteiger partial charge in [0.2, 0.25) is 0 Å². The van der Waals surface area contributed by atoms with Crippen LogP contribution in [-0.2, 0) is 26.1 Å². The molecule has 0 unspecified atom stereocenters. The van der Waals surface area contributed by atoms with E-state index in [1.165, 1.54) is 0 Å². The maximum atomic E-state index is 6.40. The number of aryl methyl sites for hydroxylation is 2. The summed E-state index contributed by atoms with van der Waals surface area (Å²) in [6, 6.07) is 0. The van der Waals surface area contributed by atoms with Gasteiger partial charge < -0.3 is 9.88 Å². The van der Waals surface area contributed by atoms with Gasteiger partial charge in [0, 0.05) is 19.3 Å². The van der Waals surface area contributed by atoms with E-state index >= 15 is 0 Å². The lowest BCUT2D eigenvalue weighted by Crippen LogP contribution is -2.07. The second-order valence-corrected chi connectivity index (χ2v) is 4.82. The molecule has 0 spiro atoms. The van der Waals surface area contributed by atoms with Crippen LogP contribution in [0.3, 0.4) is 0 Å². The number of hydrogen-bond acceptors (Lipinski definition) is 3. The highest BCUT2D eigenvalue weighted by molar-refractivity contribution is 6.31. The molecule has 0 amide bonds. The summed E-state index contributed by atoms with van der Waals surface area (Å²) in [6.07, 6.45) is 4.72. The Morgan fingerprint density at radius 1 is 1.37 bits per heavy atom. The van der Waals surface area contributed by atoms with E-state index in [0.29, 0.717) is 6.54 Å². The van der Waals surface area contributed by atoms with Crippen LogP contribution in [0.25, 0.3) is 0 Å². The van der Waals surface area contributed by atoms with Crippen LogP contribution in [-0.4, -0.2) is 26.4 Å². The van der Waals surface area contributed by atoms with E-state index in [1.807, 2.05) is 28.8 Å². The molecule has 0 radical (unpaired) electrons. The molecular formula is C13H20ClN5. The van der Waals surface area contributed by atoms with E-state index < -0.39 is 0 Å². The molecule has 0 aliphatic rings. The first-order valence-corrected chi connectivity index (χ1v) is 6.96. The first-order chi connectivity index (χ1) is 9.19. The molecule has 2 aromatic heterocycles. The average Bonchev–Trinajstić information content (AvgIpc) is 2.97. The smallest absolute Gasteiger partial charge is 0.0953 e. The molecule has 0 aromatic carbocycles. The Morgan fingerprint density at radius 3 is 2.79 bits per heavy atom. The molecule has 104 valence electrons. The van der Waals surface area contributed by atoms with Crippen LogP contribution in [0.15, 0.2) is 12.5 Å². The minimum absolute atomic E-state index is 0.705. The number of aromatic nitrogens is 4. The first kappa shape index (κ1) is 14.1. The van der Waals surface area contributed by atoms with Crippen molar-refractivity contribution in [2.45, 2.75) is 39.9 Å². The Morgan fingerprint density at radius 2 is 2.16 bits per heavy atom. The third-order valence-corrected chi connectivity index (χ3v) is 3.51. The minimum Gasteiger partial charge on any atom is -0.331 e. The van der Waals surface area contributed by atoms with E-state index in [1.54, 1.807) is 0 Å². The predicted molar refractivity (Wildman–Crippen MR) is 76.4 cm³/mol. The van der Waals surface area contributed by atoms with Crippen LogP contribution in [0, 0.1) is 0 Å². The molecular weight excluding hydrogens is 262 g/mol. The number of nitrogens with zero attached hydrogens (tertiary/aromatic N) is 4. The Bertz CT molecular complexity index is 543. The Labute approximate surface area is 118 Å². The fourth-order valence-electron chi connectivity index (χ4n) is 2.11. The maximum absolute atomic E-state index is 6.40. The summed E-state index contributed by atoms with van der Waals surface area (Å²) < 4.78 is 4.01. The number of hydrogen-bond donors (Lipinski definition) is 1. The number of imidazole rings is 1. The zero-order valence-corrected chi connectivity index (χ0v) is 12.4. The molecule has 5 nitrogen and oxygen atoms in total. The van der Waals surface area contributed by atoms with E-state index in [9.17, 15) is 0 Å². The summed E-state index contributed by atoms with van der Waals surface area (Å²) >= 11 is 6.40. The summed E-state index contributed by atoms with van der Waals surface area (Å²) in [7, 11) is 1.91. The van der Waals surface area contributed by atoms with Crippen molar-refractivity contribution in [3.63, 3.8) is 0 Å². The number of nitrogens with one attached hydrogen (secondary N) is 1. The van der Waals surface area contributed by atoms with Crippen molar-refractivity contribution in [1.82, 2.24) is 24.6 Å². The van der Waals surface area contributed by atoms with Crippen molar-refractivity contribution in [3.05, 3.63) is 34.6 Å². The number of rotatable bonds is 6. The van der Waals surface area contributed by atoms with Gasteiger partial charge in [-0.1, -0.05) is 18.5 Å². The summed E-state index contributed by atoms with van der Waals surface area (Å²) in [5.74, 6) is 0. The van der Waals surface area contributed by atoms with Gasteiger partial charge in [0.1, 0.15) is 0 Å². The van der Waals surface area contributed by atoms with Crippen molar-refractivity contribution < 1.29 is 0 Å². The van der Waals surface area contributed by atoms with Gasteiger partial charge in [-0.15, -0.1) is 0 Å². The molecule has 2 aromatic rings. The van der Waals surface area contributed by atoms with Crippen LogP contribution < -0.4 is 5.32 Å². The molecule has 1 N–H and O–H groups in total. The van der Waals surface area contributed by atoms with Gasteiger partial charge in [-0.2, -0.15) is 5.10 Å². The topological polar surface area (TPSA) is 47.7 Å². The Kier molecular flexibility index (Phi) is 4.61. The average molecular weight is 282 g/mol. The monoisotopic (exact) mass is 281 g/mol. The van der Waals surface area contributed by atoms with Gasteiger partial charge in [0.25, 0.3) is 0 Å². The van der Waals surface area contributed by atoms with Gasteiger partial charge in [0.05, 0.1) is 35.0 Å². The van der Waals surface area contributed by atoms with Gasteiger partial charge in [0.15, 0.2) is 0 Å². The molecule has 0 saturated heterocycles. The third-order valence-electron chi connectivity index (χ3n) is 3.07. The van der Waals surface area contributed by atoms with Crippen LogP contribution in [0.4, 0.5) is 0 Å². The fourth-order valence-corrected chi connectivity index (χ4v) is 2.44. The summed E-state index contributed by atoms with van der Waals surface area (Å²) in [5, 5.41) is 8.40. The van der Waals surface area contributed by atoms with Crippen molar-refractivity contribution in [1.29, 1.82) is 0 Å². The van der Waals surface area contributed by atoms with Gasteiger partial charge in [-0.3, -0.25) is 4.68 Å². The highest BCUT2D eigenvalue weighted by atomic mass is 35.5. The lowest BCUT2D eigenvalue weighted by Gasteiger charge is -2.05. The molecule has 0 fully saturated rings. The zero-order valence-electron chi connectivity index (χ0n) is 11.6. The lowest BCUT2D eigenvalue weighted by molar-refractivity contribution is 0.594. The van der Waals surface area contributed by atoms with E-state index in [4.69, 9.17) is 11.6 Å². The third kappa shape index (κ3) is 2.98. The largest absolute Gasteiger partial charge is 0.331 e. The zero-order chi connectivity index (χ0) is 13.8. The van der Waals surface area contributed by atoms with E-state index in [-0.39, 0.29) is 0 Å². The molecule has 0 saturated carbocycles. The molecule has 6 heteroatoms. The van der Waals surface area contributed by atoms with Crippen molar-refractivity contribution in [2.75, 3.05) is 7.05 Å².